The van der Waals surface area contributed by atoms with Gasteiger partial charge in [0.15, 0.2) is 0 Å². The summed E-state index contributed by atoms with van der Waals surface area (Å²) >= 11 is 6.17. The van der Waals surface area contributed by atoms with Gasteiger partial charge in [-0.3, -0.25) is 4.90 Å². The summed E-state index contributed by atoms with van der Waals surface area (Å²) in [5.74, 6) is 0.359. The van der Waals surface area contributed by atoms with Gasteiger partial charge < -0.3 is 4.74 Å². The van der Waals surface area contributed by atoms with Gasteiger partial charge >= 0.3 is 0 Å². The first-order chi connectivity index (χ1) is 13.4. The molecule has 0 bridgehead atoms. The second-order valence-electron chi connectivity index (χ2n) is 7.29. The molecule has 1 unspecified atom stereocenters. The van der Waals surface area contributed by atoms with Crippen LogP contribution in [0.4, 0.5) is 0 Å². The number of ether oxygens (including phenoxy) is 1. The quantitative estimate of drug-likeness (QED) is 0.737. The largest absolute Gasteiger partial charge is 0.379 e. The zero-order valence-corrected chi connectivity index (χ0v) is 17.8. The van der Waals surface area contributed by atoms with Crippen molar-refractivity contribution in [3.63, 3.8) is 0 Å². The van der Waals surface area contributed by atoms with Crippen molar-refractivity contribution < 1.29 is 13.2 Å². The predicted octanol–water partition coefficient (Wildman–Crippen LogP) is 3.82. The third kappa shape index (κ3) is 5.33. The molecule has 2 aromatic rings. The fourth-order valence-electron chi connectivity index (χ4n) is 3.36. The molecule has 0 aromatic heterocycles. The van der Waals surface area contributed by atoms with Crippen LogP contribution in [0, 0.1) is 0 Å². The number of hydrogen-bond donors (Lipinski definition) is 1. The summed E-state index contributed by atoms with van der Waals surface area (Å²) in [6.45, 7) is 7.22. The minimum Gasteiger partial charge on any atom is -0.379 e. The molecule has 28 heavy (non-hydrogen) atoms. The molecule has 3 rings (SSSR count). The van der Waals surface area contributed by atoms with Crippen molar-refractivity contribution in [2.24, 2.45) is 0 Å². The highest BCUT2D eigenvalue weighted by Crippen LogP contribution is 2.25. The van der Waals surface area contributed by atoms with Crippen molar-refractivity contribution in [1.82, 2.24) is 9.62 Å². The van der Waals surface area contributed by atoms with Gasteiger partial charge in [0.2, 0.25) is 10.0 Å². The molecule has 0 radical (unpaired) electrons. The number of rotatable bonds is 7. The number of hydrogen-bond acceptors (Lipinski definition) is 4. The Bertz CT molecular complexity index is 879. The number of benzene rings is 2. The van der Waals surface area contributed by atoms with Gasteiger partial charge in [-0.05, 0) is 41.3 Å². The SMILES string of the molecule is CC(C)c1ccc(S(=O)(=O)NCC(c2cccc(Cl)c2)N2CCOCC2)cc1. The molecule has 7 heteroatoms. The second kappa shape index (κ2) is 9.37. The molecule has 1 saturated heterocycles. The van der Waals surface area contributed by atoms with Crippen molar-refractivity contribution in [3.8, 4) is 0 Å². The molecule has 1 N–H and O–H groups in total. The summed E-state index contributed by atoms with van der Waals surface area (Å²) in [5.41, 5.74) is 2.11. The van der Waals surface area contributed by atoms with E-state index in [1.807, 2.05) is 36.4 Å². The van der Waals surface area contributed by atoms with Crippen LogP contribution in [0.1, 0.15) is 36.9 Å². The molecule has 1 atom stereocenters. The Morgan fingerprint density at radius 2 is 1.75 bits per heavy atom. The maximum absolute atomic E-state index is 12.8. The normalized spacial score (nSPS) is 17.0. The maximum atomic E-state index is 12.8. The zero-order valence-electron chi connectivity index (χ0n) is 16.3. The van der Waals surface area contributed by atoms with E-state index in [1.165, 1.54) is 0 Å². The lowest BCUT2D eigenvalue weighted by Gasteiger charge is -2.35. The fraction of sp³-hybridized carbons (Fsp3) is 0.429. The van der Waals surface area contributed by atoms with Crippen LogP contribution in [0.2, 0.25) is 5.02 Å². The Kier molecular flexibility index (Phi) is 7.12. The molecule has 1 heterocycles. The van der Waals surface area contributed by atoms with Crippen molar-refractivity contribution >= 4 is 21.6 Å². The lowest BCUT2D eigenvalue weighted by atomic mass is 10.0. The van der Waals surface area contributed by atoms with Gasteiger partial charge in [0.25, 0.3) is 0 Å². The highest BCUT2D eigenvalue weighted by atomic mass is 35.5. The first-order valence-corrected chi connectivity index (χ1v) is 11.4. The molecule has 1 aliphatic heterocycles. The summed E-state index contributed by atoms with van der Waals surface area (Å²) in [5, 5.41) is 0.642. The van der Waals surface area contributed by atoms with Crippen molar-refractivity contribution in [3.05, 3.63) is 64.7 Å². The first-order valence-electron chi connectivity index (χ1n) is 9.54. The smallest absolute Gasteiger partial charge is 0.240 e. The average molecular weight is 423 g/mol. The van der Waals surface area contributed by atoms with Gasteiger partial charge in [-0.1, -0.05) is 49.7 Å². The van der Waals surface area contributed by atoms with E-state index in [-0.39, 0.29) is 17.5 Å². The van der Waals surface area contributed by atoms with Crippen molar-refractivity contribution in [1.29, 1.82) is 0 Å². The van der Waals surface area contributed by atoms with Crippen molar-refractivity contribution in [2.45, 2.75) is 30.7 Å². The Morgan fingerprint density at radius 1 is 1.07 bits per heavy atom. The summed E-state index contributed by atoms with van der Waals surface area (Å²) in [6.07, 6.45) is 0. The van der Waals surface area contributed by atoms with Gasteiger partial charge in [0.1, 0.15) is 0 Å². The number of nitrogens with one attached hydrogen (secondary N) is 1. The summed E-state index contributed by atoms with van der Waals surface area (Å²) in [4.78, 5) is 2.52. The number of sulfonamides is 1. The standard InChI is InChI=1S/C21H27ClN2O3S/c1-16(2)17-6-8-20(9-7-17)28(25,26)23-15-21(24-10-12-27-13-11-24)18-4-3-5-19(22)14-18/h3-9,14,16,21,23H,10-13,15H2,1-2H3. The van der Waals surface area contributed by atoms with Crippen LogP contribution >= 0.6 is 11.6 Å². The molecule has 0 saturated carbocycles. The van der Waals surface area contributed by atoms with Crippen LogP contribution in [0.3, 0.4) is 0 Å². The lowest BCUT2D eigenvalue weighted by Crippen LogP contribution is -2.43. The van der Waals surface area contributed by atoms with E-state index in [9.17, 15) is 8.42 Å². The molecular weight excluding hydrogens is 396 g/mol. The second-order valence-corrected chi connectivity index (χ2v) is 9.50. The van der Waals surface area contributed by atoms with Gasteiger partial charge in [0, 0.05) is 30.7 Å². The minimum atomic E-state index is -3.60. The van der Waals surface area contributed by atoms with E-state index < -0.39 is 10.0 Å². The number of halogens is 1. The van der Waals surface area contributed by atoms with E-state index in [0.717, 1.165) is 24.2 Å². The van der Waals surface area contributed by atoms with E-state index in [2.05, 4.69) is 23.5 Å². The fourth-order valence-corrected chi connectivity index (χ4v) is 4.60. The minimum absolute atomic E-state index is 0.104. The van der Waals surface area contributed by atoms with Crippen LogP contribution in [0.5, 0.6) is 0 Å². The molecular formula is C21H27ClN2O3S. The molecule has 152 valence electrons. The molecule has 2 aromatic carbocycles. The first kappa shape index (κ1) is 21.3. The van der Waals surface area contributed by atoms with Gasteiger partial charge in [0.05, 0.1) is 18.1 Å². The Morgan fingerprint density at radius 3 is 2.36 bits per heavy atom. The maximum Gasteiger partial charge on any atom is 0.240 e. The number of nitrogens with zero attached hydrogens (tertiary/aromatic N) is 1. The molecule has 1 fully saturated rings. The van der Waals surface area contributed by atoms with Gasteiger partial charge in [-0.2, -0.15) is 0 Å². The third-order valence-corrected chi connectivity index (χ3v) is 6.72. The summed E-state index contributed by atoms with van der Waals surface area (Å²) < 4.78 is 33.9. The molecule has 1 aliphatic rings. The van der Waals surface area contributed by atoms with E-state index in [1.54, 1.807) is 12.1 Å². The van der Waals surface area contributed by atoms with Crippen LogP contribution < -0.4 is 4.72 Å². The Labute approximate surface area is 172 Å². The highest BCUT2D eigenvalue weighted by molar-refractivity contribution is 7.89. The third-order valence-electron chi connectivity index (χ3n) is 5.04. The topological polar surface area (TPSA) is 58.6 Å². The lowest BCUT2D eigenvalue weighted by molar-refractivity contribution is 0.0172. The monoisotopic (exact) mass is 422 g/mol. The van der Waals surface area contributed by atoms with Crippen LogP contribution in [0.15, 0.2) is 53.4 Å². The highest BCUT2D eigenvalue weighted by Gasteiger charge is 2.25. The zero-order chi connectivity index (χ0) is 20.1. The predicted molar refractivity (Wildman–Crippen MR) is 112 cm³/mol. The molecule has 0 spiro atoms. The Balaban J connectivity index is 1.78. The number of morpholine rings is 1. The van der Waals surface area contributed by atoms with Crippen LogP contribution in [-0.2, 0) is 14.8 Å². The average Bonchev–Trinajstić information content (AvgIpc) is 2.69. The van der Waals surface area contributed by atoms with E-state index >= 15 is 0 Å². The Hall–Kier alpha value is -1.44. The van der Waals surface area contributed by atoms with Gasteiger partial charge in [-0.15, -0.1) is 0 Å². The van der Waals surface area contributed by atoms with Crippen LogP contribution in [0.25, 0.3) is 0 Å². The molecule has 0 aliphatic carbocycles. The molecule has 0 amide bonds. The van der Waals surface area contributed by atoms with E-state index in [0.29, 0.717) is 24.2 Å². The summed E-state index contributed by atoms with van der Waals surface area (Å²) in [6, 6.07) is 14.6. The van der Waals surface area contributed by atoms with Crippen LogP contribution in [-0.4, -0.2) is 46.2 Å². The molecule has 5 nitrogen and oxygen atoms in total. The van der Waals surface area contributed by atoms with E-state index in [4.69, 9.17) is 16.3 Å². The van der Waals surface area contributed by atoms with Crippen molar-refractivity contribution in [2.75, 3.05) is 32.8 Å². The summed E-state index contributed by atoms with van der Waals surface area (Å²) in [7, 11) is -3.60. The van der Waals surface area contributed by atoms with Gasteiger partial charge in [-0.25, -0.2) is 13.1 Å².